The third-order valence-electron chi connectivity index (χ3n) is 4.73. The van der Waals surface area contributed by atoms with Crippen LogP contribution in [0.25, 0.3) is 0 Å². The van der Waals surface area contributed by atoms with Crippen molar-refractivity contribution in [3.8, 4) is 0 Å². The summed E-state index contributed by atoms with van der Waals surface area (Å²) in [6.07, 6.45) is 3.18. The summed E-state index contributed by atoms with van der Waals surface area (Å²) in [5.74, 6) is 0.431. The maximum atomic E-state index is 12.8. The lowest BCUT2D eigenvalue weighted by molar-refractivity contribution is 0.103. The molecule has 3 aromatic rings. The molecule has 1 amide bonds. The summed E-state index contributed by atoms with van der Waals surface area (Å²) in [5, 5.41) is 4.57. The van der Waals surface area contributed by atoms with Crippen LogP contribution in [0.1, 0.15) is 33.5 Å². The van der Waals surface area contributed by atoms with E-state index < -0.39 is 10.0 Å². The first-order chi connectivity index (χ1) is 13.4. The van der Waals surface area contributed by atoms with E-state index in [1.54, 1.807) is 41.8 Å². The SMILES string of the molecule is CC1CCc2sc(C(=O)Nc3ccccc3NS(=O)(=O)c3cccs3)cc2C1. The van der Waals surface area contributed by atoms with Gasteiger partial charge in [0, 0.05) is 4.88 Å². The fraction of sp³-hybridized carbons (Fsp3) is 0.250. The van der Waals surface area contributed by atoms with E-state index in [1.165, 1.54) is 21.8 Å². The second-order valence-electron chi connectivity index (χ2n) is 6.94. The van der Waals surface area contributed by atoms with Crippen LogP contribution in [-0.2, 0) is 22.9 Å². The molecule has 5 nitrogen and oxygen atoms in total. The van der Waals surface area contributed by atoms with Gasteiger partial charge in [-0.3, -0.25) is 9.52 Å². The highest BCUT2D eigenvalue weighted by atomic mass is 32.2. The summed E-state index contributed by atoms with van der Waals surface area (Å²) in [4.78, 5) is 14.7. The van der Waals surface area contributed by atoms with Gasteiger partial charge < -0.3 is 5.32 Å². The molecular weight excluding hydrogens is 412 g/mol. The first kappa shape index (κ1) is 19.2. The summed E-state index contributed by atoms with van der Waals surface area (Å²) in [5.41, 5.74) is 2.05. The minimum Gasteiger partial charge on any atom is -0.319 e. The zero-order valence-corrected chi connectivity index (χ0v) is 17.7. The van der Waals surface area contributed by atoms with Crippen LogP contribution in [0.3, 0.4) is 0 Å². The van der Waals surface area contributed by atoms with Gasteiger partial charge in [0.25, 0.3) is 15.9 Å². The highest BCUT2D eigenvalue weighted by molar-refractivity contribution is 7.94. The fourth-order valence-electron chi connectivity index (χ4n) is 3.29. The zero-order valence-electron chi connectivity index (χ0n) is 15.3. The molecule has 28 heavy (non-hydrogen) atoms. The highest BCUT2D eigenvalue weighted by Crippen LogP contribution is 2.33. The maximum absolute atomic E-state index is 12.8. The number of carbonyl (C=O) groups is 1. The van der Waals surface area contributed by atoms with Crippen LogP contribution in [0, 0.1) is 5.92 Å². The minimum absolute atomic E-state index is 0.213. The number of rotatable bonds is 5. The Bertz CT molecular complexity index is 1100. The Morgan fingerprint density at radius 1 is 1.14 bits per heavy atom. The van der Waals surface area contributed by atoms with Gasteiger partial charge in [-0.2, -0.15) is 0 Å². The monoisotopic (exact) mass is 432 g/mol. The van der Waals surface area contributed by atoms with Crippen molar-refractivity contribution in [3.05, 3.63) is 63.2 Å². The molecule has 2 heterocycles. The van der Waals surface area contributed by atoms with E-state index in [2.05, 4.69) is 17.0 Å². The van der Waals surface area contributed by atoms with Crippen LogP contribution in [0.15, 0.2) is 52.1 Å². The van der Waals surface area contributed by atoms with Gasteiger partial charge in [0.1, 0.15) is 4.21 Å². The van der Waals surface area contributed by atoms with Crippen LogP contribution in [0.2, 0.25) is 0 Å². The molecule has 8 heteroatoms. The van der Waals surface area contributed by atoms with Gasteiger partial charge in [0.2, 0.25) is 0 Å². The number of hydrogen-bond donors (Lipinski definition) is 2. The molecule has 0 aliphatic heterocycles. The number of anilines is 2. The molecule has 0 radical (unpaired) electrons. The van der Waals surface area contributed by atoms with E-state index >= 15 is 0 Å². The van der Waals surface area contributed by atoms with Crippen LogP contribution >= 0.6 is 22.7 Å². The summed E-state index contributed by atoms with van der Waals surface area (Å²) in [6, 6.07) is 12.0. The summed E-state index contributed by atoms with van der Waals surface area (Å²) in [6.45, 7) is 2.23. The number of thiophene rings is 2. The van der Waals surface area contributed by atoms with Crippen molar-refractivity contribution in [2.24, 2.45) is 5.92 Å². The van der Waals surface area contributed by atoms with E-state index in [9.17, 15) is 13.2 Å². The van der Waals surface area contributed by atoms with Crippen LogP contribution < -0.4 is 10.0 Å². The van der Waals surface area contributed by atoms with Gasteiger partial charge in [-0.05, 0) is 60.4 Å². The highest BCUT2D eigenvalue weighted by Gasteiger charge is 2.22. The number of carbonyl (C=O) groups excluding carboxylic acids is 1. The number of benzene rings is 1. The van der Waals surface area contributed by atoms with Gasteiger partial charge in [0.05, 0.1) is 16.3 Å². The molecule has 0 fully saturated rings. The van der Waals surface area contributed by atoms with Crippen molar-refractivity contribution in [2.45, 2.75) is 30.4 Å². The standard InChI is InChI=1S/C20H20N2O3S3/c1-13-8-9-17-14(11-13)12-18(27-17)20(23)21-15-5-2-3-6-16(15)22-28(24,25)19-7-4-10-26-19/h2-7,10,12-13,22H,8-9,11H2,1H3,(H,21,23). The number of hydrogen-bond acceptors (Lipinski definition) is 5. The lowest BCUT2D eigenvalue weighted by atomic mass is 9.90. The second kappa shape index (κ2) is 7.69. The van der Waals surface area contributed by atoms with Crippen molar-refractivity contribution in [2.75, 3.05) is 10.0 Å². The quantitative estimate of drug-likeness (QED) is 0.596. The van der Waals surface area contributed by atoms with Crippen molar-refractivity contribution >= 4 is 50.0 Å². The lowest BCUT2D eigenvalue weighted by Gasteiger charge is -2.16. The molecular formula is C20H20N2O3S3. The predicted octanol–water partition coefficient (Wildman–Crippen LogP) is 4.99. The molecule has 0 saturated carbocycles. The van der Waals surface area contributed by atoms with E-state index in [4.69, 9.17) is 0 Å². The van der Waals surface area contributed by atoms with E-state index in [1.807, 2.05) is 6.07 Å². The largest absolute Gasteiger partial charge is 0.319 e. The Balaban J connectivity index is 1.55. The average molecular weight is 433 g/mol. The van der Waals surface area contributed by atoms with E-state index in [0.29, 0.717) is 22.2 Å². The molecule has 1 aliphatic rings. The Labute approximate surface area is 172 Å². The lowest BCUT2D eigenvalue weighted by Crippen LogP contribution is -2.16. The van der Waals surface area contributed by atoms with Crippen LogP contribution in [-0.4, -0.2) is 14.3 Å². The van der Waals surface area contributed by atoms with Gasteiger partial charge >= 0.3 is 0 Å². The number of amides is 1. The summed E-state index contributed by atoms with van der Waals surface area (Å²) >= 11 is 2.68. The summed E-state index contributed by atoms with van der Waals surface area (Å²) in [7, 11) is -3.68. The van der Waals surface area contributed by atoms with Crippen LogP contribution in [0.5, 0.6) is 0 Å². The first-order valence-electron chi connectivity index (χ1n) is 9.00. The Hall–Kier alpha value is -2.16. The zero-order chi connectivity index (χ0) is 19.7. The molecule has 1 unspecified atom stereocenters. The average Bonchev–Trinajstić information content (AvgIpc) is 3.32. The summed E-state index contributed by atoms with van der Waals surface area (Å²) < 4.78 is 27.8. The molecule has 1 aliphatic carbocycles. The molecule has 2 aromatic heterocycles. The second-order valence-corrected chi connectivity index (χ2v) is 10.9. The molecule has 4 rings (SSSR count). The van der Waals surface area contributed by atoms with E-state index in [0.717, 1.165) is 30.6 Å². The van der Waals surface area contributed by atoms with Crippen molar-refractivity contribution in [1.82, 2.24) is 0 Å². The maximum Gasteiger partial charge on any atom is 0.271 e. The molecule has 1 aromatic carbocycles. The number of para-hydroxylation sites is 2. The minimum atomic E-state index is -3.68. The van der Waals surface area contributed by atoms with Gasteiger partial charge in [-0.25, -0.2) is 8.42 Å². The van der Waals surface area contributed by atoms with Gasteiger partial charge in [0.15, 0.2) is 0 Å². The fourth-order valence-corrected chi connectivity index (χ4v) is 6.47. The van der Waals surface area contributed by atoms with E-state index in [-0.39, 0.29) is 10.1 Å². The topological polar surface area (TPSA) is 75.3 Å². The molecule has 2 N–H and O–H groups in total. The number of fused-ring (bicyclic) bond motifs is 1. The van der Waals surface area contributed by atoms with Crippen molar-refractivity contribution in [3.63, 3.8) is 0 Å². The normalized spacial score (nSPS) is 16.4. The van der Waals surface area contributed by atoms with Crippen molar-refractivity contribution < 1.29 is 13.2 Å². The van der Waals surface area contributed by atoms with Gasteiger partial charge in [-0.1, -0.05) is 25.1 Å². The number of sulfonamides is 1. The predicted molar refractivity (Wildman–Crippen MR) is 115 cm³/mol. The Morgan fingerprint density at radius 2 is 1.93 bits per heavy atom. The molecule has 146 valence electrons. The third-order valence-corrected chi connectivity index (χ3v) is 8.73. The Morgan fingerprint density at radius 3 is 2.68 bits per heavy atom. The van der Waals surface area contributed by atoms with Crippen LogP contribution in [0.4, 0.5) is 11.4 Å². The van der Waals surface area contributed by atoms with Gasteiger partial charge in [-0.15, -0.1) is 22.7 Å². The smallest absolute Gasteiger partial charge is 0.271 e. The number of aryl methyl sites for hydroxylation is 1. The number of nitrogens with one attached hydrogen (secondary N) is 2. The molecule has 0 saturated heterocycles. The first-order valence-corrected chi connectivity index (χ1v) is 12.2. The molecule has 0 spiro atoms. The Kier molecular flexibility index (Phi) is 5.27. The van der Waals surface area contributed by atoms with Crippen molar-refractivity contribution in [1.29, 1.82) is 0 Å². The molecule has 0 bridgehead atoms. The third kappa shape index (κ3) is 3.99. The molecule has 1 atom stereocenters.